The van der Waals surface area contributed by atoms with E-state index in [1.54, 1.807) is 30.1 Å². The fraction of sp³-hybridized carbons (Fsp3) is 0.722. The van der Waals surface area contributed by atoms with Gasteiger partial charge in [0.15, 0.2) is 17.3 Å². The molecular formula is C18H34NO7P2+. The van der Waals surface area contributed by atoms with E-state index in [0.717, 1.165) is 12.8 Å². The Kier molecular flexibility index (Phi) is 10.9. The van der Waals surface area contributed by atoms with Crippen LogP contribution in [-0.4, -0.2) is 31.6 Å². The summed E-state index contributed by atoms with van der Waals surface area (Å²) in [6.45, 7) is 2.73. The third kappa shape index (κ3) is 10.1. The summed E-state index contributed by atoms with van der Waals surface area (Å²) in [6.07, 6.45) is 12.4. The second kappa shape index (κ2) is 12.1. The zero-order valence-electron chi connectivity index (χ0n) is 16.7. The average Bonchev–Trinajstić information content (AvgIpc) is 2.56. The van der Waals surface area contributed by atoms with Crippen molar-refractivity contribution in [2.24, 2.45) is 7.05 Å². The molecule has 0 fully saturated rings. The minimum Gasteiger partial charge on any atom is -0.487 e. The molecule has 0 radical (unpaired) electrons. The quantitative estimate of drug-likeness (QED) is 0.199. The van der Waals surface area contributed by atoms with E-state index in [2.05, 4.69) is 6.92 Å². The third-order valence-corrected chi connectivity index (χ3v) is 8.21. The first-order chi connectivity index (χ1) is 13.0. The fourth-order valence-corrected chi connectivity index (χ4v) is 5.48. The molecule has 0 bridgehead atoms. The second-order valence-corrected chi connectivity index (χ2v) is 11.2. The molecule has 0 unspecified atom stereocenters. The lowest BCUT2D eigenvalue weighted by Gasteiger charge is -2.19. The van der Waals surface area contributed by atoms with Crippen molar-refractivity contribution in [3.63, 3.8) is 0 Å². The molecule has 0 aliphatic carbocycles. The number of unbranched alkanes of at least 4 members (excludes halogenated alkanes) is 7. The van der Waals surface area contributed by atoms with Gasteiger partial charge in [-0.05, 0) is 12.5 Å². The zero-order chi connectivity index (χ0) is 21.2. The molecule has 8 nitrogen and oxygen atoms in total. The van der Waals surface area contributed by atoms with Crippen molar-refractivity contribution in [2.75, 3.05) is 6.61 Å². The number of rotatable bonds is 14. The van der Waals surface area contributed by atoms with Crippen molar-refractivity contribution in [1.82, 2.24) is 0 Å². The van der Waals surface area contributed by atoms with Gasteiger partial charge in [-0.15, -0.1) is 0 Å². The molecule has 1 heterocycles. The van der Waals surface area contributed by atoms with Gasteiger partial charge in [-0.2, -0.15) is 0 Å². The van der Waals surface area contributed by atoms with E-state index in [1.165, 1.54) is 38.5 Å². The smallest absolute Gasteiger partial charge is 0.341 e. The van der Waals surface area contributed by atoms with Gasteiger partial charge in [0, 0.05) is 12.0 Å². The van der Waals surface area contributed by atoms with Gasteiger partial charge in [-0.1, -0.05) is 51.9 Å². The first-order valence-electron chi connectivity index (χ1n) is 9.76. The van der Waals surface area contributed by atoms with Crippen molar-refractivity contribution in [3.8, 4) is 5.75 Å². The SMILES string of the molecule is CCCCCCCCCCOc1cc(CC(P(=O)(O)O)P(=O)(O)O)c[n+](C)c1. The van der Waals surface area contributed by atoms with Gasteiger partial charge in [-0.25, -0.2) is 4.57 Å². The van der Waals surface area contributed by atoms with Crippen LogP contribution in [0.25, 0.3) is 0 Å². The summed E-state index contributed by atoms with van der Waals surface area (Å²) >= 11 is 0. The lowest BCUT2D eigenvalue weighted by Crippen LogP contribution is -2.28. The van der Waals surface area contributed by atoms with E-state index in [-0.39, 0.29) is 0 Å². The molecule has 0 aliphatic heterocycles. The average molecular weight is 438 g/mol. The van der Waals surface area contributed by atoms with Crippen molar-refractivity contribution in [3.05, 3.63) is 24.0 Å². The van der Waals surface area contributed by atoms with Crippen LogP contribution in [0.3, 0.4) is 0 Å². The van der Waals surface area contributed by atoms with E-state index in [9.17, 15) is 28.7 Å². The van der Waals surface area contributed by atoms with E-state index >= 15 is 0 Å². The van der Waals surface area contributed by atoms with E-state index < -0.39 is 27.0 Å². The molecule has 0 atom stereocenters. The van der Waals surface area contributed by atoms with Gasteiger partial charge < -0.3 is 24.3 Å². The Bertz CT molecular complexity index is 665. The second-order valence-electron chi connectivity index (χ2n) is 7.23. The number of aromatic nitrogens is 1. The first-order valence-corrected chi connectivity index (χ1v) is 13.1. The molecule has 0 spiro atoms. The van der Waals surface area contributed by atoms with Gasteiger partial charge in [0.05, 0.1) is 6.61 Å². The van der Waals surface area contributed by atoms with Crippen molar-refractivity contribution in [2.45, 2.75) is 70.1 Å². The Morgan fingerprint density at radius 3 is 2.00 bits per heavy atom. The molecule has 1 rings (SSSR count). The van der Waals surface area contributed by atoms with Crippen molar-refractivity contribution < 1.29 is 38.0 Å². The Hall–Kier alpha value is -0.750. The summed E-state index contributed by atoms with van der Waals surface area (Å²) in [6, 6.07) is 1.57. The highest BCUT2D eigenvalue weighted by atomic mass is 31.2. The van der Waals surface area contributed by atoms with Crippen LogP contribution in [0.4, 0.5) is 0 Å². The highest BCUT2D eigenvalue weighted by molar-refractivity contribution is 7.70. The fourth-order valence-electron chi connectivity index (χ4n) is 3.02. The Morgan fingerprint density at radius 1 is 0.929 bits per heavy atom. The summed E-state index contributed by atoms with van der Waals surface area (Å²) in [5.74, 6) is 0.512. The number of ether oxygens (including phenoxy) is 1. The van der Waals surface area contributed by atoms with Crippen LogP contribution in [0.1, 0.15) is 63.9 Å². The summed E-state index contributed by atoms with van der Waals surface area (Å²) < 4.78 is 30.3. The predicted molar refractivity (Wildman–Crippen MR) is 107 cm³/mol. The van der Waals surface area contributed by atoms with E-state index in [4.69, 9.17) is 4.74 Å². The molecule has 1 aromatic heterocycles. The standard InChI is InChI=1S/C18H33NO7P2/c1-3-4-5-6-7-8-9-10-11-26-17-12-16(14-19(2)15-17)13-18(27(20,21)22)28(23,24)25/h12,14-15,18H,3-11,13H2,1-2H3,(H3-,20,21,22,23,24,25)/p+1. The third-order valence-electron chi connectivity index (χ3n) is 4.49. The van der Waals surface area contributed by atoms with Crippen molar-refractivity contribution in [1.29, 1.82) is 0 Å². The molecular weight excluding hydrogens is 404 g/mol. The minimum absolute atomic E-state index is 0.396. The maximum atomic E-state index is 11.5. The van der Waals surface area contributed by atoms with Crippen LogP contribution in [-0.2, 0) is 22.6 Å². The lowest BCUT2D eigenvalue weighted by atomic mass is 10.1. The number of aryl methyl sites for hydroxylation is 1. The van der Waals surface area contributed by atoms with Crippen LogP contribution < -0.4 is 9.30 Å². The van der Waals surface area contributed by atoms with Gasteiger partial charge in [-0.3, -0.25) is 9.13 Å². The van der Waals surface area contributed by atoms with Crippen molar-refractivity contribution >= 4 is 15.2 Å². The topological polar surface area (TPSA) is 128 Å². The number of pyridine rings is 1. The predicted octanol–water partition coefficient (Wildman–Crippen LogP) is 3.25. The largest absolute Gasteiger partial charge is 0.487 e. The summed E-state index contributed by atoms with van der Waals surface area (Å²) in [5.41, 5.74) is 0.396. The Labute approximate surface area is 167 Å². The Balaban J connectivity index is 2.54. The summed E-state index contributed by atoms with van der Waals surface area (Å²) in [4.78, 5) is 37.1. The molecule has 0 saturated heterocycles. The minimum atomic E-state index is -4.95. The molecule has 0 amide bonds. The van der Waals surface area contributed by atoms with Crippen LogP contribution in [0.2, 0.25) is 0 Å². The molecule has 10 heteroatoms. The molecule has 4 N–H and O–H groups in total. The van der Waals surface area contributed by atoms with Gasteiger partial charge >= 0.3 is 15.2 Å². The Morgan fingerprint density at radius 2 is 1.46 bits per heavy atom. The number of hydrogen-bond donors (Lipinski definition) is 4. The van der Waals surface area contributed by atoms with Gasteiger partial charge in [0.25, 0.3) is 0 Å². The first kappa shape index (κ1) is 25.3. The highest BCUT2D eigenvalue weighted by Crippen LogP contribution is 2.60. The van der Waals surface area contributed by atoms with E-state index in [0.29, 0.717) is 17.9 Å². The zero-order valence-corrected chi connectivity index (χ0v) is 18.5. The number of hydrogen-bond acceptors (Lipinski definition) is 3. The molecule has 0 aliphatic rings. The number of nitrogens with zero attached hydrogens (tertiary/aromatic N) is 1. The van der Waals surface area contributed by atoms with Crippen LogP contribution in [0, 0.1) is 0 Å². The maximum Gasteiger partial charge on any atom is 0.341 e. The molecule has 0 aromatic carbocycles. The van der Waals surface area contributed by atoms with Crippen LogP contribution in [0.5, 0.6) is 5.75 Å². The maximum absolute atomic E-state index is 11.5. The normalized spacial score (nSPS) is 12.5. The van der Waals surface area contributed by atoms with Crippen LogP contribution in [0.15, 0.2) is 18.5 Å². The highest BCUT2D eigenvalue weighted by Gasteiger charge is 2.43. The molecule has 1 aromatic rings. The summed E-state index contributed by atoms with van der Waals surface area (Å²) in [7, 11) is -8.18. The van der Waals surface area contributed by atoms with E-state index in [1.807, 2.05) is 0 Å². The van der Waals surface area contributed by atoms with Crippen LogP contribution >= 0.6 is 15.2 Å². The summed E-state index contributed by atoms with van der Waals surface area (Å²) in [5, 5.41) is -2.05. The van der Waals surface area contributed by atoms with Gasteiger partial charge in [0.2, 0.25) is 6.20 Å². The molecule has 162 valence electrons. The van der Waals surface area contributed by atoms with Gasteiger partial charge in [0.1, 0.15) is 7.05 Å². The molecule has 28 heavy (non-hydrogen) atoms. The molecule has 0 saturated carbocycles. The lowest BCUT2D eigenvalue weighted by molar-refractivity contribution is -0.672. The monoisotopic (exact) mass is 438 g/mol.